The highest BCUT2D eigenvalue weighted by Crippen LogP contribution is 2.26. The summed E-state index contributed by atoms with van der Waals surface area (Å²) in [4.78, 5) is 21.5. The summed E-state index contributed by atoms with van der Waals surface area (Å²) in [5.74, 6) is 0.566. The molecule has 8 heteroatoms. The van der Waals surface area contributed by atoms with Crippen molar-refractivity contribution >= 4 is 17.2 Å². The van der Waals surface area contributed by atoms with Crippen LogP contribution in [0.25, 0.3) is 5.52 Å². The minimum absolute atomic E-state index is 0.0185. The molecule has 0 aliphatic carbocycles. The summed E-state index contributed by atoms with van der Waals surface area (Å²) in [5.41, 5.74) is 3.12. The molecule has 8 nitrogen and oxygen atoms in total. The molecule has 1 atom stereocenters. The van der Waals surface area contributed by atoms with Gasteiger partial charge in [0, 0.05) is 25.8 Å². The molecule has 0 fully saturated rings. The van der Waals surface area contributed by atoms with E-state index in [2.05, 4.69) is 20.3 Å². The lowest BCUT2D eigenvalue weighted by molar-refractivity contribution is 0.0753. The van der Waals surface area contributed by atoms with Crippen LogP contribution in [0, 0.1) is 6.92 Å². The normalized spacial score (nSPS) is 12.3. The van der Waals surface area contributed by atoms with Gasteiger partial charge in [0.25, 0.3) is 5.91 Å². The number of aromatic nitrogens is 3. The second kappa shape index (κ2) is 9.69. The molecule has 3 aromatic rings. The van der Waals surface area contributed by atoms with Gasteiger partial charge >= 0.3 is 0 Å². The molecule has 2 heterocycles. The molecule has 160 valence electrons. The Morgan fingerprint density at radius 2 is 1.97 bits per heavy atom. The number of hydrogen-bond acceptors (Lipinski definition) is 6. The van der Waals surface area contributed by atoms with Crippen molar-refractivity contribution in [2.24, 2.45) is 0 Å². The fraction of sp³-hybridized carbons (Fsp3) is 0.409. The molecule has 1 unspecified atom stereocenters. The molecule has 30 heavy (non-hydrogen) atoms. The first-order chi connectivity index (χ1) is 14.5. The maximum Gasteiger partial charge on any atom is 0.255 e. The van der Waals surface area contributed by atoms with Gasteiger partial charge < -0.3 is 20.2 Å². The van der Waals surface area contributed by atoms with E-state index in [0.717, 1.165) is 23.2 Å². The lowest BCUT2D eigenvalue weighted by Crippen LogP contribution is -2.36. The Bertz CT molecular complexity index is 986. The van der Waals surface area contributed by atoms with E-state index >= 15 is 0 Å². The minimum Gasteiger partial charge on any atom is -0.394 e. The highest BCUT2D eigenvalue weighted by atomic mass is 16.3. The Morgan fingerprint density at radius 1 is 1.23 bits per heavy atom. The van der Waals surface area contributed by atoms with Gasteiger partial charge in [0.15, 0.2) is 5.82 Å². The third-order valence-electron chi connectivity index (χ3n) is 5.24. The molecule has 0 radical (unpaired) electrons. The number of carbonyl (C=O) groups excluding carboxylic acids is 1. The van der Waals surface area contributed by atoms with Crippen molar-refractivity contribution in [3.05, 3.63) is 59.5 Å². The van der Waals surface area contributed by atoms with E-state index in [4.69, 9.17) is 0 Å². The average Bonchev–Trinajstić information content (AvgIpc) is 3.10. The Kier molecular flexibility index (Phi) is 7.02. The molecule has 2 N–H and O–H groups in total. The van der Waals surface area contributed by atoms with E-state index in [1.165, 1.54) is 6.33 Å². The van der Waals surface area contributed by atoms with E-state index < -0.39 is 0 Å². The third-order valence-corrected chi connectivity index (χ3v) is 5.24. The maximum absolute atomic E-state index is 13.2. The first-order valence-electron chi connectivity index (χ1n) is 10.2. The van der Waals surface area contributed by atoms with Crippen LogP contribution in [0.5, 0.6) is 0 Å². The number of carbonyl (C=O) groups is 1. The molecule has 0 bridgehead atoms. The number of anilines is 1. The minimum atomic E-state index is -0.314. The molecular weight excluding hydrogens is 380 g/mol. The molecule has 0 saturated heterocycles. The van der Waals surface area contributed by atoms with Gasteiger partial charge in [-0.25, -0.2) is 9.50 Å². The number of amides is 1. The molecule has 1 aromatic carbocycles. The highest BCUT2D eigenvalue weighted by Gasteiger charge is 2.23. The van der Waals surface area contributed by atoms with Gasteiger partial charge in [0.1, 0.15) is 11.8 Å². The van der Waals surface area contributed by atoms with Gasteiger partial charge in [0.05, 0.1) is 18.2 Å². The summed E-state index contributed by atoms with van der Waals surface area (Å²) in [6.07, 6.45) is 3.21. The molecule has 1 amide bonds. The largest absolute Gasteiger partial charge is 0.394 e. The maximum atomic E-state index is 13.2. The quantitative estimate of drug-likeness (QED) is 0.563. The Morgan fingerprint density at radius 3 is 2.60 bits per heavy atom. The van der Waals surface area contributed by atoms with Crippen LogP contribution in [0.15, 0.2) is 42.9 Å². The third kappa shape index (κ3) is 4.60. The van der Waals surface area contributed by atoms with E-state index in [-0.39, 0.29) is 18.6 Å². The predicted octanol–water partition coefficient (Wildman–Crippen LogP) is 2.21. The van der Waals surface area contributed by atoms with Gasteiger partial charge in [-0.2, -0.15) is 5.10 Å². The van der Waals surface area contributed by atoms with Crippen molar-refractivity contribution in [3.8, 4) is 0 Å². The number of hydrogen-bond donors (Lipinski definition) is 2. The predicted molar refractivity (Wildman–Crippen MR) is 118 cm³/mol. The van der Waals surface area contributed by atoms with E-state index in [1.807, 2.05) is 63.2 Å². The molecule has 0 aliphatic rings. The standard InChI is InChI=1S/C22H30N6O2/c1-5-27(12-11-26(3)4)22(30)18-13-28-20(16(18)2)21(23-15-24-28)25-19(14-29)17-9-7-6-8-10-17/h6-10,13,15,19,29H,5,11-12,14H2,1-4H3,(H,23,24,25). The first-order valence-corrected chi connectivity index (χ1v) is 10.2. The first kappa shape index (κ1) is 21.7. The fourth-order valence-corrected chi connectivity index (χ4v) is 3.46. The number of nitrogens with zero attached hydrogens (tertiary/aromatic N) is 5. The smallest absolute Gasteiger partial charge is 0.255 e. The zero-order valence-corrected chi connectivity index (χ0v) is 18.0. The number of aliphatic hydroxyl groups is 1. The molecule has 0 spiro atoms. The molecular formula is C22H30N6O2. The van der Waals surface area contributed by atoms with Crippen LogP contribution in [-0.4, -0.2) is 75.7 Å². The number of rotatable bonds is 9. The van der Waals surface area contributed by atoms with Gasteiger partial charge in [0.2, 0.25) is 0 Å². The highest BCUT2D eigenvalue weighted by molar-refractivity contribution is 5.99. The summed E-state index contributed by atoms with van der Waals surface area (Å²) in [5, 5.41) is 17.5. The van der Waals surface area contributed by atoms with Crippen LogP contribution in [0.2, 0.25) is 0 Å². The molecule has 0 aliphatic heterocycles. The number of aryl methyl sites for hydroxylation is 1. The number of benzene rings is 1. The topological polar surface area (TPSA) is 86.0 Å². The fourth-order valence-electron chi connectivity index (χ4n) is 3.46. The average molecular weight is 411 g/mol. The van der Waals surface area contributed by atoms with Crippen LogP contribution >= 0.6 is 0 Å². The van der Waals surface area contributed by atoms with Crippen LogP contribution in [0.4, 0.5) is 5.82 Å². The summed E-state index contributed by atoms with van der Waals surface area (Å²) in [6.45, 7) is 5.90. The molecule has 3 rings (SSSR count). The van der Waals surface area contributed by atoms with Crippen LogP contribution in [0.3, 0.4) is 0 Å². The number of likely N-dealkylation sites (N-methyl/N-ethyl adjacent to an activating group) is 2. The molecule has 2 aromatic heterocycles. The Labute approximate surface area is 177 Å². The summed E-state index contributed by atoms with van der Waals surface area (Å²) in [7, 11) is 3.99. The summed E-state index contributed by atoms with van der Waals surface area (Å²) in [6, 6.07) is 9.40. The van der Waals surface area contributed by atoms with E-state index in [9.17, 15) is 9.90 Å². The zero-order chi connectivity index (χ0) is 21.7. The monoisotopic (exact) mass is 410 g/mol. The van der Waals surface area contributed by atoms with Crippen molar-refractivity contribution < 1.29 is 9.90 Å². The van der Waals surface area contributed by atoms with Crippen LogP contribution in [-0.2, 0) is 0 Å². The zero-order valence-electron chi connectivity index (χ0n) is 18.0. The Balaban J connectivity index is 1.93. The number of nitrogens with one attached hydrogen (secondary N) is 1. The van der Waals surface area contributed by atoms with Gasteiger partial charge in [-0.3, -0.25) is 4.79 Å². The second-order valence-corrected chi connectivity index (χ2v) is 7.55. The lowest BCUT2D eigenvalue weighted by Gasteiger charge is -2.22. The Hall–Kier alpha value is -2.97. The van der Waals surface area contributed by atoms with Crippen molar-refractivity contribution in [2.45, 2.75) is 19.9 Å². The van der Waals surface area contributed by atoms with Gasteiger partial charge in [-0.1, -0.05) is 30.3 Å². The van der Waals surface area contributed by atoms with Crippen molar-refractivity contribution in [1.29, 1.82) is 0 Å². The van der Waals surface area contributed by atoms with Crippen LogP contribution < -0.4 is 5.32 Å². The van der Waals surface area contributed by atoms with Crippen molar-refractivity contribution in [3.63, 3.8) is 0 Å². The summed E-state index contributed by atoms with van der Waals surface area (Å²) < 4.78 is 1.68. The van der Waals surface area contributed by atoms with E-state index in [1.54, 1.807) is 10.7 Å². The van der Waals surface area contributed by atoms with Gasteiger partial charge in [-0.15, -0.1) is 0 Å². The number of fused-ring (bicyclic) bond motifs is 1. The number of aliphatic hydroxyl groups excluding tert-OH is 1. The van der Waals surface area contributed by atoms with Crippen molar-refractivity contribution in [1.82, 2.24) is 24.4 Å². The lowest BCUT2D eigenvalue weighted by atomic mass is 10.1. The molecule has 0 saturated carbocycles. The van der Waals surface area contributed by atoms with Crippen molar-refractivity contribution in [2.75, 3.05) is 45.7 Å². The van der Waals surface area contributed by atoms with Crippen LogP contribution in [0.1, 0.15) is 34.5 Å². The van der Waals surface area contributed by atoms with E-state index in [0.29, 0.717) is 24.5 Å². The summed E-state index contributed by atoms with van der Waals surface area (Å²) >= 11 is 0. The SMILES string of the molecule is CCN(CCN(C)C)C(=O)c1cn2ncnc(NC(CO)c3ccccc3)c2c1C. The van der Waals surface area contributed by atoms with Gasteiger partial charge in [-0.05, 0) is 39.1 Å². The second-order valence-electron chi connectivity index (χ2n) is 7.55.